The molecule has 0 radical (unpaired) electrons. The van der Waals surface area contributed by atoms with Crippen molar-refractivity contribution in [1.82, 2.24) is 4.98 Å². The molecule has 0 saturated heterocycles. The van der Waals surface area contributed by atoms with Crippen LogP contribution in [0, 0.1) is 13.8 Å². The zero-order chi connectivity index (χ0) is 17.1. The first kappa shape index (κ1) is 16.2. The average molecular weight is 337 g/mol. The molecular formula is C19H19N3OS. The van der Waals surface area contributed by atoms with Crippen LogP contribution in [-0.2, 0) is 4.79 Å². The van der Waals surface area contributed by atoms with Gasteiger partial charge in [-0.1, -0.05) is 17.7 Å². The van der Waals surface area contributed by atoms with Gasteiger partial charge in [-0.05, 0) is 49.7 Å². The lowest BCUT2D eigenvalue weighted by molar-refractivity contribution is -0.114. The van der Waals surface area contributed by atoms with Crippen LogP contribution in [0.4, 0.5) is 16.5 Å². The Bertz CT molecular complexity index is 869. The highest BCUT2D eigenvalue weighted by Crippen LogP contribution is 2.30. The first-order valence-electron chi connectivity index (χ1n) is 7.69. The quantitative estimate of drug-likeness (QED) is 0.694. The molecule has 0 atom stereocenters. The van der Waals surface area contributed by atoms with E-state index in [1.165, 1.54) is 23.6 Å². The number of anilines is 3. The number of thiazole rings is 1. The van der Waals surface area contributed by atoms with Crippen LogP contribution in [0.3, 0.4) is 0 Å². The van der Waals surface area contributed by atoms with E-state index in [0.717, 1.165) is 22.2 Å². The van der Waals surface area contributed by atoms with Gasteiger partial charge in [0.2, 0.25) is 5.91 Å². The highest BCUT2D eigenvalue weighted by atomic mass is 32.1. The molecule has 3 aromatic rings. The van der Waals surface area contributed by atoms with E-state index in [0.29, 0.717) is 0 Å². The lowest BCUT2D eigenvalue weighted by Crippen LogP contribution is -2.05. The van der Waals surface area contributed by atoms with Crippen molar-refractivity contribution < 1.29 is 4.79 Å². The van der Waals surface area contributed by atoms with Gasteiger partial charge < -0.3 is 10.6 Å². The van der Waals surface area contributed by atoms with Crippen molar-refractivity contribution >= 4 is 33.8 Å². The molecule has 3 rings (SSSR count). The van der Waals surface area contributed by atoms with Crippen molar-refractivity contribution in [2.45, 2.75) is 20.8 Å². The molecule has 4 nitrogen and oxygen atoms in total. The van der Waals surface area contributed by atoms with E-state index in [4.69, 9.17) is 0 Å². The van der Waals surface area contributed by atoms with Crippen molar-refractivity contribution in [3.05, 3.63) is 59.0 Å². The van der Waals surface area contributed by atoms with Crippen LogP contribution in [0.25, 0.3) is 11.3 Å². The van der Waals surface area contributed by atoms with Crippen molar-refractivity contribution in [2.24, 2.45) is 0 Å². The number of carbonyl (C=O) groups is 1. The predicted molar refractivity (Wildman–Crippen MR) is 101 cm³/mol. The van der Waals surface area contributed by atoms with Crippen LogP contribution in [0.15, 0.2) is 47.8 Å². The van der Waals surface area contributed by atoms with E-state index in [1.54, 1.807) is 11.3 Å². The maximum absolute atomic E-state index is 11.0. The second-order valence-electron chi connectivity index (χ2n) is 5.74. The smallest absolute Gasteiger partial charge is 0.221 e. The molecular weight excluding hydrogens is 318 g/mol. The van der Waals surface area contributed by atoms with Crippen molar-refractivity contribution in [1.29, 1.82) is 0 Å². The first-order valence-corrected chi connectivity index (χ1v) is 8.57. The van der Waals surface area contributed by atoms with E-state index < -0.39 is 0 Å². The topological polar surface area (TPSA) is 54.0 Å². The molecule has 0 saturated carbocycles. The van der Waals surface area contributed by atoms with Crippen LogP contribution in [-0.4, -0.2) is 10.9 Å². The molecule has 2 N–H and O–H groups in total. The van der Waals surface area contributed by atoms with Gasteiger partial charge in [0.25, 0.3) is 0 Å². The molecule has 0 spiro atoms. The first-order chi connectivity index (χ1) is 11.5. The number of carbonyl (C=O) groups excluding carboxylic acids is 1. The highest BCUT2D eigenvalue weighted by molar-refractivity contribution is 7.14. The Morgan fingerprint density at radius 2 is 1.75 bits per heavy atom. The summed E-state index contributed by atoms with van der Waals surface area (Å²) in [6.07, 6.45) is 0. The molecule has 5 heteroatoms. The molecule has 1 aromatic heterocycles. The number of aromatic nitrogens is 1. The highest BCUT2D eigenvalue weighted by Gasteiger charge is 2.08. The van der Waals surface area contributed by atoms with E-state index >= 15 is 0 Å². The maximum atomic E-state index is 11.0. The lowest BCUT2D eigenvalue weighted by atomic mass is 10.0. The third kappa shape index (κ3) is 3.81. The number of hydrogen-bond acceptors (Lipinski definition) is 4. The van der Waals surface area contributed by atoms with E-state index in [2.05, 4.69) is 53.0 Å². The third-order valence-electron chi connectivity index (χ3n) is 3.63. The molecule has 1 heterocycles. The van der Waals surface area contributed by atoms with E-state index in [9.17, 15) is 4.79 Å². The monoisotopic (exact) mass is 337 g/mol. The Morgan fingerprint density at radius 1 is 1.04 bits per heavy atom. The SMILES string of the molecule is CC(=O)Nc1ccc(Nc2nc(-c3cc(C)ccc3C)cs2)cc1. The number of hydrogen-bond donors (Lipinski definition) is 2. The second kappa shape index (κ2) is 6.84. The molecule has 0 aliphatic rings. The number of nitrogens with one attached hydrogen (secondary N) is 2. The summed E-state index contributed by atoms with van der Waals surface area (Å²) < 4.78 is 0. The molecule has 0 aliphatic carbocycles. The summed E-state index contributed by atoms with van der Waals surface area (Å²) in [5, 5.41) is 8.97. The van der Waals surface area contributed by atoms with Crippen molar-refractivity contribution in [3.63, 3.8) is 0 Å². The lowest BCUT2D eigenvalue weighted by Gasteiger charge is -2.06. The minimum absolute atomic E-state index is 0.0752. The Morgan fingerprint density at radius 3 is 2.46 bits per heavy atom. The Balaban J connectivity index is 1.76. The Kier molecular flexibility index (Phi) is 4.62. The summed E-state index contributed by atoms with van der Waals surface area (Å²) >= 11 is 1.58. The van der Waals surface area contributed by atoms with Gasteiger partial charge in [0, 0.05) is 29.2 Å². The van der Waals surface area contributed by atoms with Gasteiger partial charge in [0.1, 0.15) is 0 Å². The fraction of sp³-hybridized carbons (Fsp3) is 0.158. The van der Waals surface area contributed by atoms with Crippen LogP contribution in [0.5, 0.6) is 0 Å². The molecule has 24 heavy (non-hydrogen) atoms. The fourth-order valence-corrected chi connectivity index (χ4v) is 3.16. The summed E-state index contributed by atoms with van der Waals surface area (Å²) in [5.41, 5.74) is 6.32. The second-order valence-corrected chi connectivity index (χ2v) is 6.60. The summed E-state index contributed by atoms with van der Waals surface area (Å²) in [6, 6.07) is 14.0. The van der Waals surface area contributed by atoms with Gasteiger partial charge in [0.15, 0.2) is 5.13 Å². The maximum Gasteiger partial charge on any atom is 0.221 e. The molecule has 122 valence electrons. The minimum atomic E-state index is -0.0752. The Labute approximate surface area is 145 Å². The van der Waals surface area contributed by atoms with Crippen molar-refractivity contribution in [3.8, 4) is 11.3 Å². The molecule has 0 bridgehead atoms. The van der Waals surface area contributed by atoms with Crippen LogP contribution in [0.1, 0.15) is 18.1 Å². The molecule has 0 fully saturated rings. The number of amides is 1. The third-order valence-corrected chi connectivity index (χ3v) is 4.39. The number of rotatable bonds is 4. The molecule has 1 amide bonds. The van der Waals surface area contributed by atoms with Gasteiger partial charge >= 0.3 is 0 Å². The van der Waals surface area contributed by atoms with E-state index in [-0.39, 0.29) is 5.91 Å². The predicted octanol–water partition coefficient (Wildman–Crippen LogP) is 5.13. The van der Waals surface area contributed by atoms with Crippen LogP contribution >= 0.6 is 11.3 Å². The van der Waals surface area contributed by atoms with Gasteiger partial charge in [-0.25, -0.2) is 4.98 Å². The minimum Gasteiger partial charge on any atom is -0.332 e. The van der Waals surface area contributed by atoms with Gasteiger partial charge in [-0.2, -0.15) is 0 Å². The molecule has 0 aliphatic heterocycles. The zero-order valence-electron chi connectivity index (χ0n) is 13.9. The van der Waals surface area contributed by atoms with Gasteiger partial charge in [-0.3, -0.25) is 4.79 Å². The summed E-state index contributed by atoms with van der Waals surface area (Å²) in [7, 11) is 0. The summed E-state index contributed by atoms with van der Waals surface area (Å²) in [4.78, 5) is 15.7. The molecule has 2 aromatic carbocycles. The van der Waals surface area contributed by atoms with Crippen LogP contribution in [0.2, 0.25) is 0 Å². The van der Waals surface area contributed by atoms with E-state index in [1.807, 2.05) is 24.3 Å². The largest absolute Gasteiger partial charge is 0.332 e. The van der Waals surface area contributed by atoms with Gasteiger partial charge in [-0.15, -0.1) is 11.3 Å². The summed E-state index contributed by atoms with van der Waals surface area (Å²) in [5.74, 6) is -0.0752. The zero-order valence-corrected chi connectivity index (χ0v) is 14.7. The number of aryl methyl sites for hydroxylation is 2. The normalized spacial score (nSPS) is 10.5. The van der Waals surface area contributed by atoms with Crippen molar-refractivity contribution in [2.75, 3.05) is 10.6 Å². The standard InChI is InChI=1S/C19H19N3OS/c1-12-4-5-13(2)17(10-12)18-11-24-19(22-18)21-16-8-6-15(7-9-16)20-14(3)23/h4-11H,1-3H3,(H,20,23)(H,21,22). The Hall–Kier alpha value is -2.66. The molecule has 0 unspecified atom stereocenters. The summed E-state index contributed by atoms with van der Waals surface area (Å²) in [6.45, 7) is 5.68. The number of nitrogens with zero attached hydrogens (tertiary/aromatic N) is 1. The average Bonchev–Trinajstić information content (AvgIpc) is 2.99. The van der Waals surface area contributed by atoms with Gasteiger partial charge in [0.05, 0.1) is 5.69 Å². The number of benzene rings is 2. The van der Waals surface area contributed by atoms with Crippen LogP contribution < -0.4 is 10.6 Å². The fourth-order valence-electron chi connectivity index (χ4n) is 2.43.